The Morgan fingerprint density at radius 2 is 2.62 bits per heavy atom. The van der Waals surface area contributed by atoms with E-state index in [2.05, 4.69) is 10.3 Å². The Balaban J connectivity index is 2.04. The molecular formula is C10H14N2O. The van der Waals surface area contributed by atoms with Gasteiger partial charge in [0.1, 0.15) is 6.10 Å². The van der Waals surface area contributed by atoms with E-state index < -0.39 is 6.50 Å². The van der Waals surface area contributed by atoms with Gasteiger partial charge in [-0.2, -0.15) is 0 Å². The molecule has 1 aliphatic rings. The Kier molecular flexibility index (Phi) is 1.93. The molecule has 0 bridgehead atoms. The maximum atomic E-state index is 7.42. The van der Waals surface area contributed by atoms with Crippen LogP contribution < -0.4 is 5.32 Å². The lowest BCUT2D eigenvalue weighted by molar-refractivity contribution is 0.0250. The van der Waals surface area contributed by atoms with E-state index in [1.165, 1.54) is 0 Å². The number of morpholine rings is 1. The molecular weight excluding hydrogens is 164 g/mol. The maximum Gasteiger partial charge on any atom is 0.112 e. The van der Waals surface area contributed by atoms with Crippen LogP contribution in [0.3, 0.4) is 0 Å². The number of nitrogens with one attached hydrogen (secondary N) is 1. The molecule has 1 atom stereocenters. The molecule has 1 aliphatic heterocycles. The van der Waals surface area contributed by atoms with Gasteiger partial charge in [0.25, 0.3) is 0 Å². The predicted molar refractivity (Wildman–Crippen MR) is 50.5 cm³/mol. The molecule has 1 aromatic heterocycles. The minimum absolute atomic E-state index is 0.0627. The molecule has 0 saturated carbocycles. The fourth-order valence-corrected chi connectivity index (χ4v) is 1.28. The zero-order chi connectivity index (χ0) is 10.9. The molecule has 3 nitrogen and oxygen atoms in total. The number of aromatic nitrogens is 1. The zero-order valence-corrected chi connectivity index (χ0v) is 7.58. The van der Waals surface area contributed by atoms with Gasteiger partial charge in [-0.25, -0.2) is 0 Å². The molecule has 2 heterocycles. The molecule has 0 radical (unpaired) electrons. The van der Waals surface area contributed by atoms with E-state index in [4.69, 9.17) is 7.48 Å². The van der Waals surface area contributed by atoms with E-state index in [9.17, 15) is 0 Å². The number of ether oxygens (including phenoxy) is 1. The van der Waals surface area contributed by atoms with Crippen LogP contribution in [0.15, 0.2) is 18.3 Å². The van der Waals surface area contributed by atoms with E-state index in [1.807, 2.05) is 19.1 Å². The molecule has 1 fully saturated rings. The van der Waals surface area contributed by atoms with Crippen molar-refractivity contribution in [3.8, 4) is 0 Å². The van der Waals surface area contributed by atoms with Crippen LogP contribution in [-0.4, -0.2) is 24.6 Å². The molecule has 0 amide bonds. The van der Waals surface area contributed by atoms with Crippen molar-refractivity contribution in [2.24, 2.45) is 0 Å². The van der Waals surface area contributed by atoms with E-state index in [-0.39, 0.29) is 12.7 Å². The highest BCUT2D eigenvalue weighted by Gasteiger charge is 2.15. The molecule has 3 heteroatoms. The van der Waals surface area contributed by atoms with Gasteiger partial charge in [0.15, 0.2) is 0 Å². The van der Waals surface area contributed by atoms with Gasteiger partial charge in [0.2, 0.25) is 0 Å². The summed E-state index contributed by atoms with van der Waals surface area (Å²) in [5, 5.41) is 2.79. The summed E-state index contributed by atoms with van der Waals surface area (Å²) in [4.78, 5) is 4.26. The fourth-order valence-electron chi connectivity index (χ4n) is 1.28. The predicted octanol–water partition coefficient (Wildman–Crippen LogP) is 1.05. The highest BCUT2D eigenvalue weighted by Crippen LogP contribution is 2.15. The minimum Gasteiger partial charge on any atom is -0.369 e. The second-order valence-corrected chi connectivity index (χ2v) is 3.12. The Morgan fingerprint density at radius 3 is 3.23 bits per heavy atom. The molecule has 1 saturated heterocycles. The number of hydrogen-bond donors (Lipinski definition) is 1. The van der Waals surface area contributed by atoms with Crippen LogP contribution in [0.5, 0.6) is 0 Å². The van der Waals surface area contributed by atoms with Crippen LogP contribution in [0.1, 0.15) is 20.1 Å². The maximum absolute atomic E-state index is 7.42. The van der Waals surface area contributed by atoms with Crippen LogP contribution >= 0.6 is 0 Å². The first-order valence-corrected chi connectivity index (χ1v) is 4.36. The van der Waals surface area contributed by atoms with E-state index in [1.54, 1.807) is 6.20 Å². The van der Waals surface area contributed by atoms with Crippen molar-refractivity contribution in [3.63, 3.8) is 0 Å². The van der Waals surface area contributed by atoms with Crippen molar-refractivity contribution >= 4 is 0 Å². The summed E-state index contributed by atoms with van der Waals surface area (Å²) in [6.07, 6.45) is 1.65. The summed E-state index contributed by atoms with van der Waals surface area (Å²) < 4.78 is 20.3. The first-order valence-electron chi connectivity index (χ1n) is 5.36. The van der Waals surface area contributed by atoms with Crippen molar-refractivity contribution in [1.82, 2.24) is 10.3 Å². The lowest BCUT2D eigenvalue weighted by Gasteiger charge is -2.22. The van der Waals surface area contributed by atoms with Crippen LogP contribution in [0.4, 0.5) is 0 Å². The number of hydrogen-bond acceptors (Lipinski definition) is 3. The van der Waals surface area contributed by atoms with Crippen molar-refractivity contribution in [2.45, 2.75) is 13.0 Å². The lowest BCUT2D eigenvalue weighted by Crippen LogP contribution is -2.33. The summed E-state index contributed by atoms with van der Waals surface area (Å²) in [6, 6.07) is 3.90. The third-order valence-corrected chi connectivity index (χ3v) is 2.03. The highest BCUT2D eigenvalue weighted by molar-refractivity contribution is 5.14. The molecule has 0 spiro atoms. The van der Waals surface area contributed by atoms with Gasteiger partial charge >= 0.3 is 0 Å². The van der Waals surface area contributed by atoms with Crippen LogP contribution in [0.2, 0.25) is 0 Å². The van der Waals surface area contributed by atoms with E-state index in [0.29, 0.717) is 6.54 Å². The van der Waals surface area contributed by atoms with Crippen molar-refractivity contribution in [3.05, 3.63) is 29.6 Å². The van der Waals surface area contributed by atoms with Gasteiger partial charge in [-0.05, 0) is 18.6 Å². The second kappa shape index (κ2) is 3.85. The molecule has 1 aromatic rings. The number of nitrogens with zero attached hydrogens (tertiary/aromatic N) is 1. The molecule has 70 valence electrons. The summed E-state index contributed by atoms with van der Waals surface area (Å²) in [5.74, 6) is 0. The molecule has 1 N–H and O–H groups in total. The van der Waals surface area contributed by atoms with Crippen LogP contribution in [-0.2, 0) is 4.74 Å². The molecule has 1 unspecified atom stereocenters. The fraction of sp³-hybridized carbons (Fsp3) is 0.500. The van der Waals surface area contributed by atoms with Gasteiger partial charge in [0.05, 0.1) is 12.3 Å². The largest absolute Gasteiger partial charge is 0.369 e. The average Bonchev–Trinajstić information content (AvgIpc) is 2.20. The van der Waals surface area contributed by atoms with Gasteiger partial charge in [-0.3, -0.25) is 4.98 Å². The third kappa shape index (κ3) is 2.05. The van der Waals surface area contributed by atoms with Crippen molar-refractivity contribution < 1.29 is 7.48 Å². The Labute approximate surface area is 80.9 Å². The lowest BCUT2D eigenvalue weighted by atomic mass is 10.2. The second-order valence-electron chi connectivity index (χ2n) is 3.12. The van der Waals surface area contributed by atoms with Gasteiger partial charge in [-0.1, -0.05) is 6.07 Å². The number of pyridine rings is 1. The quantitative estimate of drug-likeness (QED) is 0.701. The SMILES string of the molecule is [2H]C1([2H])COC(c2ccc(C)cn2)CN1. The van der Waals surface area contributed by atoms with Crippen molar-refractivity contribution in [2.75, 3.05) is 19.6 Å². The molecule has 13 heavy (non-hydrogen) atoms. The third-order valence-electron chi connectivity index (χ3n) is 2.03. The van der Waals surface area contributed by atoms with E-state index in [0.717, 1.165) is 11.3 Å². The topological polar surface area (TPSA) is 34.1 Å². The standard InChI is InChI=1S/C10H14N2O/c1-8-2-3-9(12-6-8)10-7-11-4-5-13-10/h2-3,6,10-11H,4-5,7H2,1H3/i4D2. The van der Waals surface area contributed by atoms with Crippen LogP contribution in [0.25, 0.3) is 0 Å². The van der Waals surface area contributed by atoms with Gasteiger partial charge < -0.3 is 10.1 Å². The summed E-state index contributed by atoms with van der Waals surface area (Å²) in [6.45, 7) is 1.09. The van der Waals surface area contributed by atoms with Crippen LogP contribution in [0, 0.1) is 6.92 Å². The smallest absolute Gasteiger partial charge is 0.112 e. The summed E-state index contributed by atoms with van der Waals surface area (Å²) >= 11 is 0. The first kappa shape index (κ1) is 6.51. The Hall–Kier alpha value is -0.930. The van der Waals surface area contributed by atoms with Gasteiger partial charge in [0, 0.05) is 22.0 Å². The number of aryl methyl sites for hydroxylation is 1. The van der Waals surface area contributed by atoms with Crippen molar-refractivity contribution in [1.29, 1.82) is 0 Å². The minimum atomic E-state index is -1.42. The Bertz CT molecular complexity index is 330. The average molecular weight is 180 g/mol. The monoisotopic (exact) mass is 180 g/mol. The van der Waals surface area contributed by atoms with Gasteiger partial charge in [-0.15, -0.1) is 0 Å². The zero-order valence-electron chi connectivity index (χ0n) is 9.58. The van der Waals surface area contributed by atoms with E-state index >= 15 is 0 Å². The number of rotatable bonds is 1. The molecule has 0 aromatic carbocycles. The summed E-state index contributed by atoms with van der Waals surface area (Å²) in [5.41, 5.74) is 1.96. The highest BCUT2D eigenvalue weighted by atomic mass is 16.5. The first-order chi connectivity index (χ1) is 7.07. The molecule has 2 rings (SSSR count). The summed E-state index contributed by atoms with van der Waals surface area (Å²) in [7, 11) is 0. The normalized spacial score (nSPS) is 29.2. The Morgan fingerprint density at radius 1 is 1.69 bits per heavy atom. The molecule has 0 aliphatic carbocycles.